The fourth-order valence-corrected chi connectivity index (χ4v) is 1.69. The van der Waals surface area contributed by atoms with Gasteiger partial charge >= 0.3 is 0 Å². The second kappa shape index (κ2) is 8.89. The largest absolute Gasteiger partial charge is 0.301 e. The lowest BCUT2D eigenvalue weighted by atomic mass is 10.3. The van der Waals surface area contributed by atoms with E-state index in [1.807, 2.05) is 11.8 Å². The molecule has 0 aromatic carbocycles. The highest BCUT2D eigenvalue weighted by atomic mass is 32.2. The van der Waals surface area contributed by atoms with Crippen LogP contribution in [0.5, 0.6) is 0 Å². The molecule has 0 radical (unpaired) electrons. The molecule has 0 fully saturated rings. The Hall–Kier alpha value is -0.200. The van der Waals surface area contributed by atoms with Gasteiger partial charge in [0.1, 0.15) is 6.04 Å². The summed E-state index contributed by atoms with van der Waals surface area (Å²) in [7, 11) is 0. The summed E-state index contributed by atoms with van der Waals surface area (Å²) in [6.07, 6.45) is 2.28. The van der Waals surface area contributed by atoms with Gasteiger partial charge in [0.15, 0.2) is 0 Å². The molecule has 70 valence electrons. The Bertz CT molecular complexity index is 131. The Kier molecular flexibility index (Phi) is 8.74. The van der Waals surface area contributed by atoms with Crippen LogP contribution in [-0.2, 0) is 0 Å². The van der Waals surface area contributed by atoms with Crippen LogP contribution in [0.1, 0.15) is 26.7 Å². The van der Waals surface area contributed by atoms with E-state index >= 15 is 0 Å². The quantitative estimate of drug-likeness (QED) is 0.618. The van der Waals surface area contributed by atoms with Crippen LogP contribution in [0.25, 0.3) is 0 Å². The van der Waals surface area contributed by atoms with Gasteiger partial charge in [-0.1, -0.05) is 13.8 Å². The average molecular weight is 186 g/mol. The van der Waals surface area contributed by atoms with E-state index in [-0.39, 0.29) is 6.04 Å². The summed E-state index contributed by atoms with van der Waals surface area (Å²) in [4.78, 5) is 0. The first kappa shape index (κ1) is 11.8. The molecule has 0 spiro atoms. The van der Waals surface area contributed by atoms with Crippen LogP contribution in [0.4, 0.5) is 0 Å². The van der Waals surface area contributed by atoms with E-state index in [4.69, 9.17) is 5.26 Å². The van der Waals surface area contributed by atoms with E-state index in [0.717, 1.165) is 24.5 Å². The van der Waals surface area contributed by atoms with Crippen molar-refractivity contribution < 1.29 is 0 Å². The summed E-state index contributed by atoms with van der Waals surface area (Å²) in [6.45, 7) is 5.22. The van der Waals surface area contributed by atoms with Crippen LogP contribution >= 0.6 is 11.8 Å². The Morgan fingerprint density at radius 2 is 2.17 bits per heavy atom. The van der Waals surface area contributed by atoms with Gasteiger partial charge in [-0.2, -0.15) is 17.0 Å². The summed E-state index contributed by atoms with van der Waals surface area (Å²) < 4.78 is 0. The van der Waals surface area contributed by atoms with E-state index in [0.29, 0.717) is 0 Å². The van der Waals surface area contributed by atoms with Crippen molar-refractivity contribution in [3.63, 3.8) is 0 Å². The van der Waals surface area contributed by atoms with E-state index in [1.54, 1.807) is 0 Å². The monoisotopic (exact) mass is 186 g/mol. The van der Waals surface area contributed by atoms with Gasteiger partial charge < -0.3 is 5.32 Å². The molecule has 1 N–H and O–H groups in total. The van der Waals surface area contributed by atoms with Crippen LogP contribution < -0.4 is 5.32 Å². The Balaban J connectivity index is 3.35. The summed E-state index contributed by atoms with van der Waals surface area (Å²) in [5.74, 6) is 2.08. The van der Waals surface area contributed by atoms with Crippen molar-refractivity contribution in [2.45, 2.75) is 32.7 Å². The molecule has 0 saturated heterocycles. The van der Waals surface area contributed by atoms with Crippen LogP contribution in [0.2, 0.25) is 0 Å². The topological polar surface area (TPSA) is 35.8 Å². The van der Waals surface area contributed by atoms with Gasteiger partial charge in [-0.3, -0.25) is 0 Å². The molecule has 0 aliphatic heterocycles. The SMILES string of the molecule is CCCNC(C#N)CSCCC. The zero-order valence-electron chi connectivity index (χ0n) is 7.97. The van der Waals surface area contributed by atoms with E-state index < -0.39 is 0 Å². The molecule has 1 atom stereocenters. The number of rotatable bonds is 7. The molecule has 0 heterocycles. The van der Waals surface area contributed by atoms with Gasteiger partial charge in [0, 0.05) is 5.75 Å². The minimum atomic E-state index is 0.0431. The third-order valence-electron chi connectivity index (χ3n) is 1.43. The highest BCUT2D eigenvalue weighted by molar-refractivity contribution is 7.99. The number of nitrogens with zero attached hydrogens (tertiary/aromatic N) is 1. The molecule has 0 saturated carbocycles. The minimum absolute atomic E-state index is 0.0431. The average Bonchev–Trinajstić information content (AvgIpc) is 2.11. The first-order chi connectivity index (χ1) is 5.85. The van der Waals surface area contributed by atoms with E-state index in [1.165, 1.54) is 6.42 Å². The van der Waals surface area contributed by atoms with Crippen molar-refractivity contribution in [1.82, 2.24) is 5.32 Å². The third kappa shape index (κ3) is 6.51. The third-order valence-corrected chi connectivity index (χ3v) is 2.70. The van der Waals surface area contributed by atoms with Crippen molar-refractivity contribution in [3.05, 3.63) is 0 Å². The minimum Gasteiger partial charge on any atom is -0.301 e. The molecule has 0 bridgehead atoms. The van der Waals surface area contributed by atoms with Gasteiger partial charge in [0.2, 0.25) is 0 Å². The van der Waals surface area contributed by atoms with Crippen molar-refractivity contribution in [2.75, 3.05) is 18.1 Å². The van der Waals surface area contributed by atoms with Gasteiger partial charge in [-0.05, 0) is 25.1 Å². The molecule has 0 aromatic rings. The fourth-order valence-electron chi connectivity index (χ4n) is 0.806. The Labute approximate surface area is 79.7 Å². The Morgan fingerprint density at radius 3 is 2.67 bits per heavy atom. The zero-order valence-corrected chi connectivity index (χ0v) is 8.78. The van der Waals surface area contributed by atoms with Gasteiger partial charge in [-0.25, -0.2) is 0 Å². The molecule has 0 amide bonds. The molecular formula is C9H18N2S. The second-order valence-corrected chi connectivity index (χ2v) is 3.86. The molecule has 0 aliphatic carbocycles. The highest BCUT2D eigenvalue weighted by Crippen LogP contribution is 2.03. The lowest BCUT2D eigenvalue weighted by Crippen LogP contribution is -2.30. The molecule has 0 aliphatic rings. The first-order valence-electron chi connectivity index (χ1n) is 4.55. The molecule has 3 heteroatoms. The summed E-state index contributed by atoms with van der Waals surface area (Å²) in [5, 5.41) is 11.9. The van der Waals surface area contributed by atoms with Crippen LogP contribution in [0.3, 0.4) is 0 Å². The predicted molar refractivity (Wildman–Crippen MR) is 55.3 cm³/mol. The lowest BCUT2D eigenvalue weighted by molar-refractivity contribution is 0.637. The Morgan fingerprint density at radius 1 is 1.42 bits per heavy atom. The fraction of sp³-hybridized carbons (Fsp3) is 0.889. The summed E-state index contributed by atoms with van der Waals surface area (Å²) >= 11 is 1.85. The molecule has 2 nitrogen and oxygen atoms in total. The summed E-state index contributed by atoms with van der Waals surface area (Å²) in [6, 6.07) is 2.31. The standard InChI is InChI=1S/C9H18N2S/c1-3-5-11-9(7-10)8-12-6-4-2/h9,11H,3-6,8H2,1-2H3. The molecule has 12 heavy (non-hydrogen) atoms. The maximum atomic E-state index is 8.73. The molecule has 0 aromatic heterocycles. The van der Waals surface area contributed by atoms with Crippen LogP contribution in [-0.4, -0.2) is 24.1 Å². The first-order valence-corrected chi connectivity index (χ1v) is 5.71. The van der Waals surface area contributed by atoms with E-state index in [2.05, 4.69) is 25.2 Å². The summed E-state index contributed by atoms with van der Waals surface area (Å²) in [5.41, 5.74) is 0. The number of hydrogen-bond donors (Lipinski definition) is 1. The molecule has 0 rings (SSSR count). The maximum Gasteiger partial charge on any atom is 0.104 e. The van der Waals surface area contributed by atoms with Crippen molar-refractivity contribution in [2.24, 2.45) is 0 Å². The van der Waals surface area contributed by atoms with Gasteiger partial charge in [0.05, 0.1) is 6.07 Å². The van der Waals surface area contributed by atoms with Crippen molar-refractivity contribution >= 4 is 11.8 Å². The zero-order chi connectivity index (χ0) is 9.23. The molecule has 1 unspecified atom stereocenters. The number of nitrogens with one attached hydrogen (secondary N) is 1. The van der Waals surface area contributed by atoms with Gasteiger partial charge in [0.25, 0.3) is 0 Å². The van der Waals surface area contributed by atoms with E-state index in [9.17, 15) is 0 Å². The molecular weight excluding hydrogens is 168 g/mol. The van der Waals surface area contributed by atoms with Gasteiger partial charge in [-0.15, -0.1) is 0 Å². The highest BCUT2D eigenvalue weighted by Gasteiger charge is 2.03. The number of nitriles is 1. The number of thioether (sulfide) groups is 1. The maximum absolute atomic E-state index is 8.73. The smallest absolute Gasteiger partial charge is 0.104 e. The van der Waals surface area contributed by atoms with Crippen LogP contribution in [0, 0.1) is 11.3 Å². The van der Waals surface area contributed by atoms with Crippen LogP contribution in [0.15, 0.2) is 0 Å². The predicted octanol–water partition coefficient (Wildman–Crippen LogP) is 2.02. The normalized spacial score (nSPS) is 12.4. The van der Waals surface area contributed by atoms with Crippen molar-refractivity contribution in [3.8, 4) is 6.07 Å². The lowest BCUT2D eigenvalue weighted by Gasteiger charge is -2.09. The number of hydrogen-bond acceptors (Lipinski definition) is 3. The second-order valence-electron chi connectivity index (χ2n) is 2.71. The van der Waals surface area contributed by atoms with Crippen molar-refractivity contribution in [1.29, 1.82) is 5.26 Å².